The number of carbonyl (C=O) groups is 1. The number of carboxylic acid groups (broad SMARTS) is 1. The van der Waals surface area contributed by atoms with E-state index in [2.05, 4.69) is 21.8 Å². The van der Waals surface area contributed by atoms with Crippen LogP contribution in [0.5, 0.6) is 0 Å². The minimum absolute atomic E-state index is 0.0891. The third kappa shape index (κ3) is 4.94. The molecule has 0 amide bonds. The van der Waals surface area contributed by atoms with Crippen LogP contribution in [0.1, 0.15) is 24.5 Å². The van der Waals surface area contributed by atoms with Crippen LogP contribution in [-0.2, 0) is 27.8 Å². The van der Waals surface area contributed by atoms with E-state index in [0.717, 1.165) is 19.5 Å². The van der Waals surface area contributed by atoms with Crippen LogP contribution in [0.25, 0.3) is 0 Å². The summed E-state index contributed by atoms with van der Waals surface area (Å²) in [7, 11) is -3.64. The molecule has 0 spiro atoms. The molecule has 3 rings (SSSR count). The van der Waals surface area contributed by atoms with E-state index in [9.17, 15) is 13.2 Å². The summed E-state index contributed by atoms with van der Waals surface area (Å²) in [5.74, 6) is -0.943. The van der Waals surface area contributed by atoms with Gasteiger partial charge in [0.15, 0.2) is 0 Å². The van der Waals surface area contributed by atoms with Gasteiger partial charge in [0.25, 0.3) is 0 Å². The summed E-state index contributed by atoms with van der Waals surface area (Å²) in [5, 5.41) is 8.81. The Morgan fingerprint density at radius 1 is 1.11 bits per heavy atom. The molecule has 0 aromatic heterocycles. The van der Waals surface area contributed by atoms with Gasteiger partial charge in [0.2, 0.25) is 10.0 Å². The Kier molecular flexibility index (Phi) is 5.94. The lowest BCUT2D eigenvalue weighted by atomic mass is 10.1. The molecule has 0 radical (unpaired) electrons. The second-order valence-corrected chi connectivity index (χ2v) is 8.64. The number of nitrogens with one attached hydrogen (secondary N) is 1. The fourth-order valence-corrected chi connectivity index (χ4v) is 4.77. The maximum absolute atomic E-state index is 12.7. The zero-order valence-electron chi connectivity index (χ0n) is 15.2. The largest absolute Gasteiger partial charge is 0.481 e. The van der Waals surface area contributed by atoms with Gasteiger partial charge in [-0.3, -0.25) is 9.69 Å². The van der Waals surface area contributed by atoms with E-state index in [4.69, 9.17) is 5.11 Å². The van der Waals surface area contributed by atoms with Crippen molar-refractivity contribution in [3.63, 3.8) is 0 Å². The summed E-state index contributed by atoms with van der Waals surface area (Å²) in [6, 6.07) is 16.1. The minimum Gasteiger partial charge on any atom is -0.481 e. The molecule has 0 saturated carbocycles. The molecule has 7 heteroatoms. The van der Waals surface area contributed by atoms with E-state index < -0.39 is 16.0 Å². The molecule has 27 heavy (non-hydrogen) atoms. The van der Waals surface area contributed by atoms with Crippen LogP contribution in [0.4, 0.5) is 0 Å². The predicted molar refractivity (Wildman–Crippen MR) is 103 cm³/mol. The van der Waals surface area contributed by atoms with Crippen LogP contribution in [0.15, 0.2) is 59.5 Å². The van der Waals surface area contributed by atoms with E-state index in [0.29, 0.717) is 5.56 Å². The summed E-state index contributed by atoms with van der Waals surface area (Å²) in [6.45, 7) is 3.67. The number of carboxylic acids is 1. The van der Waals surface area contributed by atoms with Gasteiger partial charge in [-0.2, -0.15) is 0 Å². The number of nitrogens with zero attached hydrogens (tertiary/aromatic N) is 1. The lowest BCUT2D eigenvalue weighted by molar-refractivity contribution is -0.136. The van der Waals surface area contributed by atoms with Crippen molar-refractivity contribution in [3.8, 4) is 0 Å². The van der Waals surface area contributed by atoms with Crippen molar-refractivity contribution in [2.24, 2.45) is 0 Å². The maximum atomic E-state index is 12.7. The van der Waals surface area contributed by atoms with Crippen molar-refractivity contribution in [2.75, 3.05) is 6.54 Å². The number of likely N-dealkylation sites (tertiary alicyclic amines) is 1. The van der Waals surface area contributed by atoms with E-state index in [-0.39, 0.29) is 23.4 Å². The molecule has 1 aliphatic rings. The molecule has 2 N–H and O–H groups in total. The van der Waals surface area contributed by atoms with Crippen molar-refractivity contribution in [2.45, 2.75) is 43.3 Å². The van der Waals surface area contributed by atoms with Crippen LogP contribution in [0.2, 0.25) is 0 Å². The summed E-state index contributed by atoms with van der Waals surface area (Å²) in [5.41, 5.74) is 1.78. The molecule has 2 aromatic rings. The van der Waals surface area contributed by atoms with Crippen LogP contribution < -0.4 is 4.72 Å². The number of hydrogen-bond donors (Lipinski definition) is 2. The highest BCUT2D eigenvalue weighted by atomic mass is 32.2. The highest BCUT2D eigenvalue weighted by molar-refractivity contribution is 7.89. The monoisotopic (exact) mass is 388 g/mol. The molecular formula is C20H24N2O4S. The van der Waals surface area contributed by atoms with Gasteiger partial charge in [0.05, 0.1) is 11.3 Å². The fraction of sp³-hybridized carbons (Fsp3) is 0.350. The standard InChI is InChI=1S/C20H24N2O4S/c1-15-19(11-12-22(15)14-17-5-3-2-4-6-17)21-27(25,26)18-9-7-16(8-10-18)13-20(23)24/h2-10,15,19,21H,11-14H2,1H3,(H,23,24). The Labute approximate surface area is 159 Å². The van der Waals surface area contributed by atoms with Gasteiger partial charge in [-0.25, -0.2) is 13.1 Å². The van der Waals surface area contributed by atoms with E-state index in [1.807, 2.05) is 25.1 Å². The molecule has 1 aliphatic heterocycles. The number of hydrogen-bond acceptors (Lipinski definition) is 4. The number of benzene rings is 2. The van der Waals surface area contributed by atoms with Crippen molar-refractivity contribution in [3.05, 3.63) is 65.7 Å². The molecule has 1 saturated heterocycles. The van der Waals surface area contributed by atoms with Crippen LogP contribution in [-0.4, -0.2) is 43.0 Å². The van der Waals surface area contributed by atoms with Gasteiger partial charge >= 0.3 is 5.97 Å². The first-order valence-electron chi connectivity index (χ1n) is 8.96. The molecule has 2 aromatic carbocycles. The van der Waals surface area contributed by atoms with Gasteiger partial charge in [0, 0.05) is 25.2 Å². The third-order valence-electron chi connectivity index (χ3n) is 5.01. The Morgan fingerprint density at radius 2 is 1.78 bits per heavy atom. The van der Waals surface area contributed by atoms with Gasteiger partial charge in [0.1, 0.15) is 0 Å². The van der Waals surface area contributed by atoms with Crippen molar-refractivity contribution in [1.82, 2.24) is 9.62 Å². The van der Waals surface area contributed by atoms with Crippen molar-refractivity contribution >= 4 is 16.0 Å². The smallest absolute Gasteiger partial charge is 0.307 e. The third-order valence-corrected chi connectivity index (χ3v) is 6.52. The highest BCUT2D eigenvalue weighted by Gasteiger charge is 2.33. The zero-order valence-corrected chi connectivity index (χ0v) is 16.0. The zero-order chi connectivity index (χ0) is 19.4. The van der Waals surface area contributed by atoms with Crippen molar-refractivity contribution < 1.29 is 18.3 Å². The van der Waals surface area contributed by atoms with Crippen LogP contribution in [0.3, 0.4) is 0 Å². The van der Waals surface area contributed by atoms with Crippen molar-refractivity contribution in [1.29, 1.82) is 0 Å². The quantitative estimate of drug-likeness (QED) is 0.760. The lowest BCUT2D eigenvalue weighted by Crippen LogP contribution is -2.43. The molecule has 2 unspecified atom stereocenters. The van der Waals surface area contributed by atoms with Gasteiger partial charge < -0.3 is 5.11 Å². The Morgan fingerprint density at radius 3 is 2.41 bits per heavy atom. The first kappa shape index (κ1) is 19.5. The Hall–Kier alpha value is -2.22. The average Bonchev–Trinajstić information content (AvgIpc) is 2.95. The maximum Gasteiger partial charge on any atom is 0.307 e. The minimum atomic E-state index is -3.64. The Balaban J connectivity index is 1.64. The number of aliphatic carboxylic acids is 1. The molecule has 6 nitrogen and oxygen atoms in total. The Bertz CT molecular complexity index is 882. The summed E-state index contributed by atoms with van der Waals surface area (Å²) in [6.07, 6.45) is 0.631. The molecule has 2 atom stereocenters. The molecule has 0 aliphatic carbocycles. The predicted octanol–water partition coefficient (Wildman–Crippen LogP) is 2.25. The molecule has 1 heterocycles. The topological polar surface area (TPSA) is 86.7 Å². The van der Waals surface area contributed by atoms with E-state index in [1.165, 1.54) is 17.7 Å². The molecule has 0 bridgehead atoms. The van der Waals surface area contributed by atoms with Gasteiger partial charge in [-0.1, -0.05) is 42.5 Å². The van der Waals surface area contributed by atoms with E-state index in [1.54, 1.807) is 12.1 Å². The number of rotatable bonds is 7. The lowest BCUT2D eigenvalue weighted by Gasteiger charge is -2.25. The molecule has 144 valence electrons. The summed E-state index contributed by atoms with van der Waals surface area (Å²) in [4.78, 5) is 13.2. The van der Waals surface area contributed by atoms with E-state index >= 15 is 0 Å². The first-order chi connectivity index (χ1) is 12.8. The molecular weight excluding hydrogens is 364 g/mol. The van der Waals surface area contributed by atoms with Crippen LogP contribution in [0, 0.1) is 0 Å². The molecule has 1 fully saturated rings. The average molecular weight is 388 g/mol. The highest BCUT2D eigenvalue weighted by Crippen LogP contribution is 2.22. The van der Waals surface area contributed by atoms with Crippen LogP contribution >= 0.6 is 0 Å². The van der Waals surface area contributed by atoms with Gasteiger partial charge in [-0.15, -0.1) is 0 Å². The summed E-state index contributed by atoms with van der Waals surface area (Å²) >= 11 is 0. The SMILES string of the molecule is CC1C(NS(=O)(=O)c2ccc(CC(=O)O)cc2)CCN1Cc1ccccc1. The fourth-order valence-electron chi connectivity index (χ4n) is 3.43. The van der Waals surface area contributed by atoms with Gasteiger partial charge in [-0.05, 0) is 36.6 Å². The second kappa shape index (κ2) is 8.21. The first-order valence-corrected chi connectivity index (χ1v) is 10.4. The number of sulfonamides is 1. The summed E-state index contributed by atoms with van der Waals surface area (Å²) < 4.78 is 28.2. The second-order valence-electron chi connectivity index (χ2n) is 6.93. The normalized spacial score (nSPS) is 20.6.